The fraction of sp³-hybridized carbons (Fsp3) is 0.667. The van der Waals surface area contributed by atoms with Gasteiger partial charge >= 0.3 is 6.09 Å². The van der Waals surface area contributed by atoms with Gasteiger partial charge in [-0.15, -0.1) is 0 Å². The number of oxime groups is 1. The lowest BCUT2D eigenvalue weighted by Gasteiger charge is -2.58. The Hall–Kier alpha value is -2.51. The van der Waals surface area contributed by atoms with Crippen LogP contribution in [0.3, 0.4) is 0 Å². The molecule has 40 heavy (non-hydrogen) atoms. The van der Waals surface area contributed by atoms with E-state index in [9.17, 15) is 4.79 Å². The largest absolute Gasteiger partial charge is 0.435 e. The highest BCUT2D eigenvalue weighted by molar-refractivity contribution is 5.96. The quantitative estimate of drug-likeness (QED) is 0.364. The third kappa shape index (κ3) is 5.16. The van der Waals surface area contributed by atoms with Crippen molar-refractivity contribution in [1.29, 1.82) is 0 Å². The molecule has 0 spiro atoms. The van der Waals surface area contributed by atoms with Crippen LogP contribution in [-0.2, 0) is 4.84 Å². The van der Waals surface area contributed by atoms with Crippen molar-refractivity contribution in [2.75, 3.05) is 46.3 Å². The number of rotatable bonds is 6. The zero-order valence-corrected chi connectivity index (χ0v) is 24.7. The standard InChI is InChI=1S/C33H47N5O2/c1-32-13-11-26(36-40-31(39)37(3)18-5-19-38-20-16-34-17-21-38)22-25(32)7-8-27-29-10-9-28(24-6-4-15-35-23-24)33(29,2)14-12-30(27)32/h4,6,9,15,22-23,27,29-30,34H,5,7-8,10-14,16-21H2,1-3H3/t27-,29+,30+,32+,33-/m1/s1. The summed E-state index contributed by atoms with van der Waals surface area (Å²) in [6.45, 7) is 11.0. The second-order valence-corrected chi connectivity index (χ2v) is 13.4. The average molecular weight is 546 g/mol. The minimum Gasteiger partial charge on any atom is -0.314 e. The molecule has 6 rings (SSSR count). The molecule has 5 atom stereocenters. The van der Waals surface area contributed by atoms with E-state index in [1.165, 1.54) is 42.4 Å². The van der Waals surface area contributed by atoms with Crippen LogP contribution in [0.15, 0.2) is 47.4 Å². The summed E-state index contributed by atoms with van der Waals surface area (Å²) in [5, 5.41) is 7.73. The van der Waals surface area contributed by atoms with Crippen LogP contribution in [0, 0.1) is 28.6 Å². The zero-order chi connectivity index (χ0) is 27.7. The molecule has 1 aromatic heterocycles. The van der Waals surface area contributed by atoms with Gasteiger partial charge in [-0.05, 0) is 110 Å². The Balaban J connectivity index is 1.06. The normalized spacial score (nSPS) is 34.8. The van der Waals surface area contributed by atoms with Gasteiger partial charge in [-0.2, -0.15) is 0 Å². The van der Waals surface area contributed by atoms with Gasteiger partial charge in [-0.1, -0.05) is 36.7 Å². The highest BCUT2D eigenvalue weighted by atomic mass is 16.7. The number of carbonyl (C=O) groups is 1. The Morgan fingerprint density at radius 2 is 2.02 bits per heavy atom. The van der Waals surface area contributed by atoms with Gasteiger partial charge in [0, 0.05) is 52.2 Å². The molecule has 3 fully saturated rings. The summed E-state index contributed by atoms with van der Waals surface area (Å²) in [6.07, 6.45) is 17.4. The minimum absolute atomic E-state index is 0.227. The van der Waals surface area contributed by atoms with Gasteiger partial charge in [-0.3, -0.25) is 9.82 Å². The van der Waals surface area contributed by atoms with E-state index in [0.717, 1.165) is 81.9 Å². The molecule has 7 heteroatoms. The number of pyridine rings is 1. The van der Waals surface area contributed by atoms with Crippen molar-refractivity contribution in [3.8, 4) is 0 Å². The first-order chi connectivity index (χ1) is 19.4. The summed E-state index contributed by atoms with van der Waals surface area (Å²) >= 11 is 0. The summed E-state index contributed by atoms with van der Waals surface area (Å²) in [6, 6.07) is 4.31. The van der Waals surface area contributed by atoms with Crippen LogP contribution < -0.4 is 5.32 Å². The van der Waals surface area contributed by atoms with Gasteiger partial charge in [0.2, 0.25) is 0 Å². The first-order valence-electron chi connectivity index (χ1n) is 15.6. The number of nitrogens with zero attached hydrogens (tertiary/aromatic N) is 4. The lowest BCUT2D eigenvalue weighted by Crippen LogP contribution is -2.49. The predicted molar refractivity (Wildman–Crippen MR) is 160 cm³/mol. The van der Waals surface area contributed by atoms with Crippen LogP contribution in [0.4, 0.5) is 4.79 Å². The summed E-state index contributed by atoms with van der Waals surface area (Å²) in [4.78, 5) is 26.6. The molecule has 0 bridgehead atoms. The summed E-state index contributed by atoms with van der Waals surface area (Å²) in [7, 11) is 1.81. The van der Waals surface area contributed by atoms with Crippen LogP contribution in [0.25, 0.3) is 5.57 Å². The number of carbonyl (C=O) groups excluding carboxylic acids is 1. The van der Waals surface area contributed by atoms with E-state index in [0.29, 0.717) is 6.54 Å². The van der Waals surface area contributed by atoms with Gasteiger partial charge < -0.3 is 15.1 Å². The molecular formula is C33H47N5O2. The second kappa shape index (κ2) is 11.4. The van der Waals surface area contributed by atoms with Gasteiger partial charge in [0.25, 0.3) is 0 Å². The van der Waals surface area contributed by atoms with E-state index < -0.39 is 0 Å². The number of hydrogen-bond acceptors (Lipinski definition) is 6. The summed E-state index contributed by atoms with van der Waals surface area (Å²) in [5.41, 5.74) is 5.78. The molecule has 1 amide bonds. The van der Waals surface area contributed by atoms with Crippen molar-refractivity contribution in [1.82, 2.24) is 20.1 Å². The first-order valence-corrected chi connectivity index (χ1v) is 15.6. The maximum atomic E-state index is 12.6. The van der Waals surface area contributed by atoms with Gasteiger partial charge in [0.15, 0.2) is 0 Å². The van der Waals surface area contributed by atoms with E-state index in [2.05, 4.69) is 64.7 Å². The number of nitrogens with one attached hydrogen (secondary N) is 1. The van der Waals surface area contributed by atoms with E-state index in [1.54, 1.807) is 4.90 Å². The van der Waals surface area contributed by atoms with Crippen molar-refractivity contribution < 1.29 is 9.63 Å². The van der Waals surface area contributed by atoms with Crippen molar-refractivity contribution in [2.24, 2.45) is 33.7 Å². The van der Waals surface area contributed by atoms with Crippen molar-refractivity contribution in [3.63, 3.8) is 0 Å². The number of piperazine rings is 1. The van der Waals surface area contributed by atoms with Crippen LogP contribution in [0.1, 0.15) is 70.8 Å². The fourth-order valence-electron chi connectivity index (χ4n) is 8.90. The Morgan fingerprint density at radius 3 is 2.83 bits per heavy atom. The predicted octanol–water partition coefficient (Wildman–Crippen LogP) is 5.76. The summed E-state index contributed by atoms with van der Waals surface area (Å²) < 4.78 is 0. The van der Waals surface area contributed by atoms with E-state index in [-0.39, 0.29) is 16.9 Å². The second-order valence-electron chi connectivity index (χ2n) is 13.4. The monoisotopic (exact) mass is 545 g/mol. The van der Waals surface area contributed by atoms with Gasteiger partial charge in [0.1, 0.15) is 0 Å². The van der Waals surface area contributed by atoms with E-state index >= 15 is 0 Å². The number of hydrogen-bond donors (Lipinski definition) is 1. The van der Waals surface area contributed by atoms with Crippen molar-refractivity contribution in [2.45, 2.75) is 65.2 Å². The molecule has 1 N–H and O–H groups in total. The molecule has 2 saturated carbocycles. The Labute approximate surface area is 240 Å². The number of allylic oxidation sites excluding steroid dienone is 4. The van der Waals surface area contributed by atoms with Crippen molar-refractivity contribution >= 4 is 17.4 Å². The van der Waals surface area contributed by atoms with Crippen LogP contribution in [0.5, 0.6) is 0 Å². The zero-order valence-electron chi connectivity index (χ0n) is 24.7. The fourth-order valence-corrected chi connectivity index (χ4v) is 8.90. The number of fused-ring (bicyclic) bond motifs is 5. The topological polar surface area (TPSA) is 70.1 Å². The molecule has 1 saturated heterocycles. The molecule has 7 nitrogen and oxygen atoms in total. The average Bonchev–Trinajstić information content (AvgIpc) is 3.34. The number of aromatic nitrogens is 1. The highest BCUT2D eigenvalue weighted by Crippen LogP contribution is 2.66. The third-order valence-electron chi connectivity index (χ3n) is 11.3. The summed E-state index contributed by atoms with van der Waals surface area (Å²) in [5.74, 6) is 2.20. The number of amides is 1. The molecule has 216 valence electrons. The molecule has 0 aromatic carbocycles. The molecular weight excluding hydrogens is 498 g/mol. The molecule has 1 aliphatic heterocycles. The minimum atomic E-state index is -0.354. The first kappa shape index (κ1) is 27.6. The van der Waals surface area contributed by atoms with Crippen LogP contribution >= 0.6 is 0 Å². The van der Waals surface area contributed by atoms with E-state index in [4.69, 9.17) is 4.84 Å². The van der Waals surface area contributed by atoms with Crippen molar-refractivity contribution in [3.05, 3.63) is 47.8 Å². The smallest absolute Gasteiger partial charge is 0.314 e. The molecule has 2 heterocycles. The van der Waals surface area contributed by atoms with Gasteiger partial charge in [0.05, 0.1) is 5.71 Å². The molecule has 0 radical (unpaired) electrons. The highest BCUT2D eigenvalue weighted by Gasteiger charge is 2.57. The Kier molecular flexibility index (Phi) is 7.88. The Morgan fingerprint density at radius 1 is 1.18 bits per heavy atom. The van der Waals surface area contributed by atoms with Gasteiger partial charge in [-0.25, -0.2) is 4.79 Å². The van der Waals surface area contributed by atoms with E-state index in [1.807, 2.05) is 13.2 Å². The SMILES string of the molecule is CN(CCCN1CCNCC1)C(=O)ON=C1C=C2CC[C@H]3[C@H](CC[C@]4(C)C(c5cccnc5)=CC[C@@H]34)[C@@]2(C)CC1. The molecule has 4 aliphatic carbocycles. The molecule has 0 unspecified atom stereocenters. The molecule has 5 aliphatic rings. The van der Waals surface area contributed by atoms with Crippen LogP contribution in [-0.4, -0.2) is 72.9 Å². The van der Waals surface area contributed by atoms with Crippen LogP contribution in [0.2, 0.25) is 0 Å². The lowest BCUT2D eigenvalue weighted by atomic mass is 9.46. The molecule has 1 aromatic rings. The lowest BCUT2D eigenvalue weighted by molar-refractivity contribution is -0.0190. The maximum Gasteiger partial charge on any atom is 0.435 e. The Bertz CT molecular complexity index is 1170. The third-order valence-corrected chi connectivity index (χ3v) is 11.3. The maximum absolute atomic E-state index is 12.6.